The van der Waals surface area contributed by atoms with Crippen LogP contribution in [-0.4, -0.2) is 91.1 Å². The highest BCUT2D eigenvalue weighted by Crippen LogP contribution is 2.32. The number of amides is 1. The third kappa shape index (κ3) is 6.63. The second kappa shape index (κ2) is 12.7. The Morgan fingerprint density at radius 2 is 1.73 bits per heavy atom. The Labute approximate surface area is 222 Å². The summed E-state index contributed by atoms with van der Waals surface area (Å²) in [4.78, 5) is 27.4. The normalized spacial score (nSPS) is 23.7. The van der Waals surface area contributed by atoms with Gasteiger partial charge >= 0.3 is 0 Å². The average molecular weight is 506 g/mol. The molecule has 2 aromatic rings. The van der Waals surface area contributed by atoms with E-state index in [4.69, 9.17) is 4.74 Å². The predicted octanol–water partition coefficient (Wildman–Crippen LogP) is 3.90. The van der Waals surface area contributed by atoms with Gasteiger partial charge in [0.1, 0.15) is 5.75 Å². The standard InChI is InChI=1S/C30H43N5O2/c1-37-29-11-4-3-10-28(29)34-21-19-33(20-22-34)27-14-18-32(24-26-9-5-6-15-31-26)23-25(27)12-13-30(36)35-16-7-2-8-17-35/h3-6,9-11,15,25,27H,2,7-8,12-14,16-24H2,1H3/t25-,27+/m0/s1. The zero-order valence-electron chi connectivity index (χ0n) is 22.4. The number of piperidine rings is 2. The first-order valence-electron chi connectivity index (χ1n) is 14.2. The maximum absolute atomic E-state index is 13.0. The SMILES string of the molecule is COc1ccccc1N1CCN([C@@H]2CCN(Cc3ccccn3)C[C@@H]2CCC(=O)N2CCCCC2)CC1. The van der Waals surface area contributed by atoms with E-state index in [0.29, 0.717) is 24.3 Å². The van der Waals surface area contributed by atoms with Gasteiger partial charge in [0.15, 0.2) is 0 Å². The van der Waals surface area contributed by atoms with Gasteiger partial charge in [-0.05, 0) is 62.3 Å². The first-order valence-corrected chi connectivity index (χ1v) is 14.2. The summed E-state index contributed by atoms with van der Waals surface area (Å²) in [6, 6.07) is 15.1. The van der Waals surface area contributed by atoms with Crippen LogP contribution in [0.1, 0.15) is 44.2 Å². The number of likely N-dealkylation sites (tertiary alicyclic amines) is 2. The van der Waals surface area contributed by atoms with E-state index in [1.54, 1.807) is 7.11 Å². The van der Waals surface area contributed by atoms with Crippen LogP contribution in [0.2, 0.25) is 0 Å². The van der Waals surface area contributed by atoms with Crippen LogP contribution in [0.5, 0.6) is 5.75 Å². The summed E-state index contributed by atoms with van der Waals surface area (Å²) in [7, 11) is 1.75. The van der Waals surface area contributed by atoms with E-state index >= 15 is 0 Å². The molecule has 4 heterocycles. The lowest BCUT2D eigenvalue weighted by molar-refractivity contribution is -0.132. The summed E-state index contributed by atoms with van der Waals surface area (Å²) in [5.74, 6) is 1.82. The van der Waals surface area contributed by atoms with Crippen molar-refractivity contribution in [1.29, 1.82) is 0 Å². The topological polar surface area (TPSA) is 52.2 Å². The number of methoxy groups -OCH3 is 1. The first kappa shape index (κ1) is 26.0. The molecule has 0 aliphatic carbocycles. The van der Waals surface area contributed by atoms with Crippen LogP contribution in [0.4, 0.5) is 5.69 Å². The number of nitrogens with zero attached hydrogens (tertiary/aromatic N) is 5. The van der Waals surface area contributed by atoms with Crippen LogP contribution in [0.15, 0.2) is 48.7 Å². The van der Waals surface area contributed by atoms with Gasteiger partial charge in [0.25, 0.3) is 0 Å². The van der Waals surface area contributed by atoms with Gasteiger partial charge in [0, 0.05) is 77.6 Å². The quantitative estimate of drug-likeness (QED) is 0.543. The molecule has 3 aliphatic rings. The van der Waals surface area contributed by atoms with Gasteiger partial charge in [0.05, 0.1) is 18.5 Å². The molecule has 0 spiro atoms. The van der Waals surface area contributed by atoms with Gasteiger partial charge < -0.3 is 14.5 Å². The fraction of sp³-hybridized carbons (Fsp3) is 0.600. The third-order valence-corrected chi connectivity index (χ3v) is 8.54. The lowest BCUT2D eigenvalue weighted by Gasteiger charge is -2.47. The van der Waals surface area contributed by atoms with Crippen molar-refractivity contribution in [2.24, 2.45) is 5.92 Å². The Bertz CT molecular complexity index is 988. The molecule has 0 N–H and O–H groups in total. The van der Waals surface area contributed by atoms with Crippen molar-refractivity contribution >= 4 is 11.6 Å². The number of benzene rings is 1. The number of carbonyl (C=O) groups excluding carboxylic acids is 1. The van der Waals surface area contributed by atoms with Gasteiger partial charge in [-0.3, -0.25) is 19.6 Å². The van der Waals surface area contributed by atoms with Gasteiger partial charge in [-0.15, -0.1) is 0 Å². The largest absolute Gasteiger partial charge is 0.495 e. The summed E-state index contributed by atoms with van der Waals surface area (Å²) < 4.78 is 5.62. The molecule has 7 nitrogen and oxygen atoms in total. The molecule has 200 valence electrons. The van der Waals surface area contributed by atoms with Crippen LogP contribution in [0, 0.1) is 5.92 Å². The molecule has 1 aromatic heterocycles. The van der Waals surface area contributed by atoms with Crippen molar-refractivity contribution < 1.29 is 9.53 Å². The molecule has 37 heavy (non-hydrogen) atoms. The molecule has 0 bridgehead atoms. The Morgan fingerprint density at radius 1 is 0.946 bits per heavy atom. The molecule has 3 saturated heterocycles. The van der Waals surface area contributed by atoms with E-state index in [9.17, 15) is 4.79 Å². The highest BCUT2D eigenvalue weighted by atomic mass is 16.5. The van der Waals surface area contributed by atoms with Gasteiger partial charge in [-0.25, -0.2) is 0 Å². The number of para-hydroxylation sites is 2. The van der Waals surface area contributed by atoms with Crippen LogP contribution in [0.25, 0.3) is 0 Å². The lowest BCUT2D eigenvalue weighted by Crippen LogP contribution is -2.56. The highest BCUT2D eigenvalue weighted by Gasteiger charge is 2.35. The molecule has 7 heteroatoms. The Balaban J connectivity index is 1.22. The Hall–Kier alpha value is -2.64. The fourth-order valence-electron chi connectivity index (χ4n) is 6.52. The minimum Gasteiger partial charge on any atom is -0.495 e. The van der Waals surface area contributed by atoms with Crippen molar-refractivity contribution in [3.8, 4) is 5.75 Å². The third-order valence-electron chi connectivity index (χ3n) is 8.54. The van der Waals surface area contributed by atoms with Crippen molar-refractivity contribution in [1.82, 2.24) is 19.7 Å². The minimum absolute atomic E-state index is 0.362. The monoisotopic (exact) mass is 505 g/mol. The van der Waals surface area contributed by atoms with E-state index in [2.05, 4.69) is 54.9 Å². The maximum Gasteiger partial charge on any atom is 0.222 e. The fourth-order valence-corrected chi connectivity index (χ4v) is 6.52. The molecular weight excluding hydrogens is 462 g/mol. The smallest absolute Gasteiger partial charge is 0.222 e. The number of anilines is 1. The summed E-state index contributed by atoms with van der Waals surface area (Å²) in [6.45, 7) is 9.05. The van der Waals surface area contributed by atoms with Crippen molar-refractivity contribution in [3.63, 3.8) is 0 Å². The summed E-state index contributed by atoms with van der Waals surface area (Å²) >= 11 is 0. The van der Waals surface area contributed by atoms with Crippen LogP contribution < -0.4 is 9.64 Å². The summed E-state index contributed by atoms with van der Waals surface area (Å²) in [5, 5.41) is 0. The molecule has 3 aliphatic heterocycles. The summed E-state index contributed by atoms with van der Waals surface area (Å²) in [5.41, 5.74) is 2.33. The van der Waals surface area contributed by atoms with E-state index < -0.39 is 0 Å². The average Bonchev–Trinajstić information content (AvgIpc) is 2.97. The second-order valence-electron chi connectivity index (χ2n) is 10.8. The Morgan fingerprint density at radius 3 is 2.49 bits per heavy atom. The van der Waals surface area contributed by atoms with Gasteiger partial charge in [-0.2, -0.15) is 0 Å². The van der Waals surface area contributed by atoms with E-state index in [0.717, 1.165) is 96.0 Å². The molecule has 0 saturated carbocycles. The molecule has 1 aromatic carbocycles. The molecule has 1 amide bonds. The number of rotatable bonds is 8. The number of pyridine rings is 1. The number of hydrogen-bond acceptors (Lipinski definition) is 6. The number of aromatic nitrogens is 1. The molecule has 3 fully saturated rings. The molecule has 5 rings (SSSR count). The maximum atomic E-state index is 13.0. The molecule has 0 radical (unpaired) electrons. The van der Waals surface area contributed by atoms with E-state index in [1.807, 2.05) is 18.3 Å². The highest BCUT2D eigenvalue weighted by molar-refractivity contribution is 5.76. The molecular formula is C30H43N5O2. The molecule has 2 atom stereocenters. The van der Waals surface area contributed by atoms with E-state index in [-0.39, 0.29) is 0 Å². The van der Waals surface area contributed by atoms with Crippen LogP contribution in [0.3, 0.4) is 0 Å². The minimum atomic E-state index is 0.362. The number of piperazine rings is 1. The lowest BCUT2D eigenvalue weighted by atomic mass is 9.86. The summed E-state index contributed by atoms with van der Waals surface area (Å²) in [6.07, 6.45) is 8.28. The number of carbonyl (C=O) groups is 1. The zero-order valence-corrected chi connectivity index (χ0v) is 22.4. The zero-order chi connectivity index (χ0) is 25.5. The number of hydrogen-bond donors (Lipinski definition) is 0. The van der Waals surface area contributed by atoms with Crippen LogP contribution in [-0.2, 0) is 11.3 Å². The van der Waals surface area contributed by atoms with Gasteiger partial charge in [0.2, 0.25) is 5.91 Å². The van der Waals surface area contributed by atoms with Gasteiger partial charge in [-0.1, -0.05) is 18.2 Å². The predicted molar refractivity (Wildman–Crippen MR) is 148 cm³/mol. The second-order valence-corrected chi connectivity index (χ2v) is 10.8. The van der Waals surface area contributed by atoms with Crippen molar-refractivity contribution in [2.45, 2.75) is 51.1 Å². The van der Waals surface area contributed by atoms with Crippen molar-refractivity contribution in [2.75, 3.05) is 64.4 Å². The molecule has 0 unspecified atom stereocenters. The Kier molecular flexibility index (Phi) is 8.95. The van der Waals surface area contributed by atoms with Crippen LogP contribution >= 0.6 is 0 Å². The first-order chi connectivity index (χ1) is 18.2. The number of ether oxygens (including phenoxy) is 1. The van der Waals surface area contributed by atoms with Crippen molar-refractivity contribution in [3.05, 3.63) is 54.4 Å². The van der Waals surface area contributed by atoms with E-state index in [1.165, 1.54) is 12.1 Å².